The molecule has 0 amide bonds. The Bertz CT molecular complexity index is 341. The molecule has 3 heteroatoms. The highest BCUT2D eigenvalue weighted by Crippen LogP contribution is 2.16. The van der Waals surface area contributed by atoms with Crippen LogP contribution < -0.4 is 5.32 Å². The van der Waals surface area contributed by atoms with Crippen LogP contribution in [0.5, 0.6) is 0 Å². The molecular weight excluding hydrogens is 210 g/mol. The van der Waals surface area contributed by atoms with Gasteiger partial charge in [0.2, 0.25) is 0 Å². The first-order chi connectivity index (χ1) is 8.25. The third-order valence-electron chi connectivity index (χ3n) is 3.44. The predicted molar refractivity (Wildman–Crippen MR) is 70.0 cm³/mol. The molecule has 1 N–H and O–H groups in total. The van der Waals surface area contributed by atoms with Crippen LogP contribution in [-0.2, 0) is 6.42 Å². The minimum absolute atomic E-state index is 0.490. The van der Waals surface area contributed by atoms with E-state index >= 15 is 0 Å². The number of nitrogens with zero attached hydrogens (tertiary/aromatic N) is 2. The highest BCUT2D eigenvalue weighted by Gasteiger charge is 2.14. The Labute approximate surface area is 104 Å². The molecule has 0 radical (unpaired) electrons. The van der Waals surface area contributed by atoms with Gasteiger partial charge in [-0.15, -0.1) is 0 Å². The van der Waals surface area contributed by atoms with Crippen LogP contribution in [0.4, 0.5) is 0 Å². The number of hydrogen-bond donors (Lipinski definition) is 1. The summed E-state index contributed by atoms with van der Waals surface area (Å²) in [6, 6.07) is 2.03. The molecule has 0 saturated carbocycles. The number of nitrogens with one attached hydrogen (secondary N) is 1. The average molecular weight is 233 g/mol. The maximum Gasteiger partial charge on any atom is 0.128 e. The normalized spacial score (nSPS) is 21.5. The Morgan fingerprint density at radius 2 is 2.29 bits per heavy atom. The Kier molecular flexibility index (Phi) is 4.49. The Hall–Kier alpha value is -0.960. The zero-order chi connectivity index (χ0) is 12.1. The molecule has 94 valence electrons. The predicted octanol–water partition coefficient (Wildman–Crippen LogP) is 2.53. The van der Waals surface area contributed by atoms with E-state index < -0.39 is 0 Å². The molecule has 1 unspecified atom stereocenters. The van der Waals surface area contributed by atoms with Gasteiger partial charge in [0.25, 0.3) is 0 Å². The smallest absolute Gasteiger partial charge is 0.128 e. The van der Waals surface area contributed by atoms with Gasteiger partial charge in [-0.05, 0) is 43.8 Å². The highest BCUT2D eigenvalue weighted by atomic mass is 14.9. The van der Waals surface area contributed by atoms with Crippen molar-refractivity contribution < 1.29 is 0 Å². The summed E-state index contributed by atoms with van der Waals surface area (Å²) in [6.45, 7) is 6.65. The van der Waals surface area contributed by atoms with Crippen molar-refractivity contribution in [3.63, 3.8) is 0 Å². The van der Waals surface area contributed by atoms with Gasteiger partial charge >= 0.3 is 0 Å². The molecule has 0 aromatic carbocycles. The first-order valence-corrected chi connectivity index (χ1v) is 6.78. The quantitative estimate of drug-likeness (QED) is 0.871. The van der Waals surface area contributed by atoms with E-state index in [9.17, 15) is 0 Å². The maximum atomic E-state index is 4.66. The van der Waals surface area contributed by atoms with E-state index in [4.69, 9.17) is 0 Å². The van der Waals surface area contributed by atoms with Crippen molar-refractivity contribution in [2.75, 3.05) is 13.1 Å². The summed E-state index contributed by atoms with van der Waals surface area (Å²) >= 11 is 0. The van der Waals surface area contributed by atoms with Gasteiger partial charge in [-0.1, -0.05) is 20.3 Å². The van der Waals surface area contributed by atoms with Crippen LogP contribution in [0.3, 0.4) is 0 Å². The van der Waals surface area contributed by atoms with Crippen molar-refractivity contribution in [1.29, 1.82) is 0 Å². The molecule has 0 aliphatic carbocycles. The van der Waals surface area contributed by atoms with Crippen LogP contribution in [-0.4, -0.2) is 23.1 Å². The molecule has 3 nitrogen and oxygen atoms in total. The molecule has 1 aliphatic rings. The second kappa shape index (κ2) is 6.10. The molecule has 17 heavy (non-hydrogen) atoms. The van der Waals surface area contributed by atoms with E-state index in [1.165, 1.54) is 25.8 Å². The molecule has 1 aliphatic heterocycles. The van der Waals surface area contributed by atoms with Crippen LogP contribution in [0.1, 0.15) is 50.5 Å². The number of rotatable bonds is 3. The van der Waals surface area contributed by atoms with Crippen molar-refractivity contribution in [3.8, 4) is 0 Å². The minimum atomic E-state index is 0.490. The van der Waals surface area contributed by atoms with Gasteiger partial charge in [-0.25, -0.2) is 9.97 Å². The Balaban J connectivity index is 1.99. The molecular formula is C14H23N3. The monoisotopic (exact) mass is 233 g/mol. The first kappa shape index (κ1) is 12.5. The zero-order valence-electron chi connectivity index (χ0n) is 10.9. The maximum absolute atomic E-state index is 4.66. The lowest BCUT2D eigenvalue weighted by Gasteiger charge is -2.13. The minimum Gasteiger partial charge on any atom is -0.316 e. The summed E-state index contributed by atoms with van der Waals surface area (Å²) in [5.74, 6) is 2.22. The first-order valence-electron chi connectivity index (χ1n) is 6.78. The second-order valence-electron chi connectivity index (χ2n) is 5.32. The molecule has 1 aromatic rings. The van der Waals surface area contributed by atoms with Gasteiger partial charge in [-0.2, -0.15) is 0 Å². The average Bonchev–Trinajstić information content (AvgIpc) is 2.58. The molecule has 2 rings (SSSR count). The van der Waals surface area contributed by atoms with E-state index in [0.29, 0.717) is 11.8 Å². The molecule has 2 heterocycles. The third-order valence-corrected chi connectivity index (χ3v) is 3.44. The summed E-state index contributed by atoms with van der Waals surface area (Å²) in [5, 5.41) is 3.50. The highest BCUT2D eigenvalue weighted by molar-refractivity contribution is 5.07. The van der Waals surface area contributed by atoms with Gasteiger partial charge in [0, 0.05) is 18.3 Å². The van der Waals surface area contributed by atoms with Crippen molar-refractivity contribution >= 4 is 0 Å². The molecule has 0 bridgehead atoms. The van der Waals surface area contributed by atoms with Gasteiger partial charge in [0.15, 0.2) is 0 Å². The Morgan fingerprint density at radius 1 is 1.41 bits per heavy atom. The van der Waals surface area contributed by atoms with Crippen molar-refractivity contribution in [3.05, 3.63) is 23.8 Å². The van der Waals surface area contributed by atoms with E-state index in [-0.39, 0.29) is 0 Å². The molecule has 1 aromatic heterocycles. The summed E-state index contributed by atoms with van der Waals surface area (Å²) in [4.78, 5) is 9.07. The SMILES string of the molecule is CC(C)c1ccnc(CC2CCCCNC2)n1. The van der Waals surface area contributed by atoms with Crippen molar-refractivity contribution in [2.24, 2.45) is 5.92 Å². The summed E-state index contributed by atoms with van der Waals surface area (Å²) in [6.07, 6.45) is 6.88. The van der Waals surface area contributed by atoms with Crippen molar-refractivity contribution in [1.82, 2.24) is 15.3 Å². The van der Waals surface area contributed by atoms with Crippen LogP contribution in [0.25, 0.3) is 0 Å². The summed E-state index contributed by atoms with van der Waals surface area (Å²) in [5.41, 5.74) is 1.16. The van der Waals surface area contributed by atoms with Gasteiger partial charge in [0.05, 0.1) is 0 Å². The van der Waals surface area contributed by atoms with E-state index in [1.807, 2.05) is 12.3 Å². The molecule has 1 saturated heterocycles. The van der Waals surface area contributed by atoms with E-state index in [1.54, 1.807) is 0 Å². The summed E-state index contributed by atoms with van der Waals surface area (Å²) in [7, 11) is 0. The molecule has 1 atom stereocenters. The zero-order valence-corrected chi connectivity index (χ0v) is 10.9. The van der Waals surface area contributed by atoms with Crippen LogP contribution in [0, 0.1) is 5.92 Å². The fraction of sp³-hybridized carbons (Fsp3) is 0.714. The summed E-state index contributed by atoms with van der Waals surface area (Å²) < 4.78 is 0. The lowest BCUT2D eigenvalue weighted by atomic mass is 9.99. The molecule has 1 fully saturated rings. The second-order valence-corrected chi connectivity index (χ2v) is 5.32. The van der Waals surface area contributed by atoms with E-state index in [2.05, 4.69) is 29.1 Å². The number of aromatic nitrogens is 2. The topological polar surface area (TPSA) is 37.8 Å². The van der Waals surface area contributed by atoms with Gasteiger partial charge in [0.1, 0.15) is 5.82 Å². The Morgan fingerprint density at radius 3 is 3.12 bits per heavy atom. The van der Waals surface area contributed by atoms with Crippen LogP contribution >= 0.6 is 0 Å². The molecule has 0 spiro atoms. The van der Waals surface area contributed by atoms with Crippen LogP contribution in [0.2, 0.25) is 0 Å². The standard InChI is InChI=1S/C14H23N3/c1-11(2)13-6-8-16-14(17-13)9-12-5-3-4-7-15-10-12/h6,8,11-12,15H,3-5,7,9-10H2,1-2H3. The number of hydrogen-bond acceptors (Lipinski definition) is 3. The fourth-order valence-electron chi connectivity index (χ4n) is 2.36. The largest absolute Gasteiger partial charge is 0.316 e. The lowest BCUT2D eigenvalue weighted by molar-refractivity contribution is 0.465. The fourth-order valence-corrected chi connectivity index (χ4v) is 2.36. The van der Waals surface area contributed by atoms with Gasteiger partial charge < -0.3 is 5.32 Å². The lowest BCUT2D eigenvalue weighted by Crippen LogP contribution is -2.22. The van der Waals surface area contributed by atoms with Crippen molar-refractivity contribution in [2.45, 2.75) is 45.4 Å². The van der Waals surface area contributed by atoms with Crippen LogP contribution in [0.15, 0.2) is 12.3 Å². The van der Waals surface area contributed by atoms with Gasteiger partial charge in [-0.3, -0.25) is 0 Å². The third kappa shape index (κ3) is 3.77. The van der Waals surface area contributed by atoms with E-state index in [0.717, 1.165) is 24.5 Å².